The summed E-state index contributed by atoms with van der Waals surface area (Å²) in [6.45, 7) is 0. The molecule has 0 fully saturated rings. The minimum absolute atomic E-state index is 0.178. The van der Waals surface area contributed by atoms with E-state index in [9.17, 15) is 9.18 Å². The summed E-state index contributed by atoms with van der Waals surface area (Å²) in [4.78, 5) is 10.6. The molecule has 5 heteroatoms. The quantitative estimate of drug-likeness (QED) is 0.825. The van der Waals surface area contributed by atoms with E-state index in [0.29, 0.717) is 5.39 Å². The summed E-state index contributed by atoms with van der Waals surface area (Å²) in [6, 6.07) is 3.58. The van der Waals surface area contributed by atoms with Crippen LogP contribution in [0.3, 0.4) is 0 Å². The number of carboxylic acids is 1. The van der Waals surface area contributed by atoms with Crippen LogP contribution in [0, 0.1) is 5.82 Å². The number of ether oxygens (including phenoxy) is 1. The van der Waals surface area contributed by atoms with Crippen LogP contribution < -0.4 is 4.74 Å². The van der Waals surface area contributed by atoms with Crippen molar-refractivity contribution in [3.63, 3.8) is 0 Å². The van der Waals surface area contributed by atoms with Crippen LogP contribution in [0.25, 0.3) is 11.0 Å². The van der Waals surface area contributed by atoms with Gasteiger partial charge in [0.25, 0.3) is 0 Å². The summed E-state index contributed by atoms with van der Waals surface area (Å²) >= 11 is 0. The molecule has 0 amide bonds. The standard InChI is InChI=1S/C10H7FO4/c1-14-7-4-6(11)2-5-3-8(10(12)13)15-9(5)7/h2-4H,1H3,(H,12,13). The smallest absolute Gasteiger partial charge is 0.371 e. The van der Waals surface area contributed by atoms with Gasteiger partial charge in [-0.05, 0) is 12.1 Å². The van der Waals surface area contributed by atoms with Crippen LogP contribution in [0.4, 0.5) is 4.39 Å². The zero-order chi connectivity index (χ0) is 11.0. The lowest BCUT2D eigenvalue weighted by molar-refractivity contribution is 0.0665. The number of hydrogen-bond donors (Lipinski definition) is 1. The Morgan fingerprint density at radius 3 is 2.80 bits per heavy atom. The SMILES string of the molecule is COc1cc(F)cc2cc(C(=O)O)oc12. The molecule has 0 unspecified atom stereocenters. The van der Waals surface area contributed by atoms with Crippen molar-refractivity contribution >= 4 is 16.9 Å². The largest absolute Gasteiger partial charge is 0.493 e. The first kappa shape index (κ1) is 9.51. The van der Waals surface area contributed by atoms with Crippen molar-refractivity contribution in [1.29, 1.82) is 0 Å². The highest BCUT2D eigenvalue weighted by molar-refractivity contribution is 5.93. The van der Waals surface area contributed by atoms with E-state index >= 15 is 0 Å². The summed E-state index contributed by atoms with van der Waals surface area (Å²) in [5.74, 6) is -1.77. The molecule has 0 atom stereocenters. The number of carboxylic acid groups (broad SMARTS) is 1. The second kappa shape index (κ2) is 3.27. The van der Waals surface area contributed by atoms with E-state index in [4.69, 9.17) is 14.3 Å². The van der Waals surface area contributed by atoms with Gasteiger partial charge >= 0.3 is 5.97 Å². The molecule has 2 rings (SSSR count). The first-order chi connectivity index (χ1) is 7.11. The fourth-order valence-electron chi connectivity index (χ4n) is 1.34. The van der Waals surface area contributed by atoms with Gasteiger partial charge in [-0.3, -0.25) is 0 Å². The molecular weight excluding hydrogens is 203 g/mol. The van der Waals surface area contributed by atoms with Gasteiger partial charge in [0.2, 0.25) is 5.76 Å². The van der Waals surface area contributed by atoms with Crippen LogP contribution in [-0.2, 0) is 0 Å². The van der Waals surface area contributed by atoms with Crippen LogP contribution in [0.5, 0.6) is 5.75 Å². The van der Waals surface area contributed by atoms with Gasteiger partial charge in [-0.2, -0.15) is 0 Å². The third-order valence-corrected chi connectivity index (χ3v) is 1.98. The Hall–Kier alpha value is -2.04. The minimum Gasteiger partial charge on any atom is -0.493 e. The Bertz CT molecular complexity index is 529. The van der Waals surface area contributed by atoms with Gasteiger partial charge in [0.15, 0.2) is 11.3 Å². The predicted molar refractivity (Wildman–Crippen MR) is 49.7 cm³/mol. The van der Waals surface area contributed by atoms with Crippen LogP contribution in [0.15, 0.2) is 22.6 Å². The number of rotatable bonds is 2. The Labute approximate surface area is 83.9 Å². The predicted octanol–water partition coefficient (Wildman–Crippen LogP) is 2.28. The van der Waals surface area contributed by atoms with E-state index in [2.05, 4.69) is 0 Å². The highest BCUT2D eigenvalue weighted by atomic mass is 19.1. The molecule has 78 valence electrons. The normalized spacial score (nSPS) is 10.5. The number of furan rings is 1. The van der Waals surface area contributed by atoms with E-state index in [1.54, 1.807) is 0 Å². The molecule has 0 bridgehead atoms. The van der Waals surface area contributed by atoms with Crippen molar-refractivity contribution < 1.29 is 23.4 Å². The fourth-order valence-corrected chi connectivity index (χ4v) is 1.34. The first-order valence-corrected chi connectivity index (χ1v) is 4.12. The highest BCUT2D eigenvalue weighted by Gasteiger charge is 2.14. The maximum atomic E-state index is 13.0. The van der Waals surface area contributed by atoms with Crippen LogP contribution in [-0.4, -0.2) is 18.2 Å². The molecule has 1 N–H and O–H groups in total. The van der Waals surface area contributed by atoms with Gasteiger partial charge in [-0.25, -0.2) is 9.18 Å². The Balaban J connectivity index is 2.74. The molecule has 0 aliphatic heterocycles. The monoisotopic (exact) mass is 210 g/mol. The Morgan fingerprint density at radius 2 is 2.20 bits per heavy atom. The van der Waals surface area contributed by atoms with Crippen LogP contribution >= 0.6 is 0 Å². The lowest BCUT2D eigenvalue weighted by Crippen LogP contribution is -1.91. The fraction of sp³-hybridized carbons (Fsp3) is 0.100. The minimum atomic E-state index is -1.20. The molecule has 0 saturated carbocycles. The molecule has 1 aromatic carbocycles. The lowest BCUT2D eigenvalue weighted by atomic mass is 10.2. The van der Waals surface area contributed by atoms with Crippen molar-refractivity contribution in [3.05, 3.63) is 29.8 Å². The molecule has 2 aromatic rings. The molecule has 1 heterocycles. The molecule has 0 saturated heterocycles. The second-order valence-electron chi connectivity index (χ2n) is 2.94. The Morgan fingerprint density at radius 1 is 1.47 bits per heavy atom. The summed E-state index contributed by atoms with van der Waals surface area (Å²) in [6.07, 6.45) is 0. The van der Waals surface area contributed by atoms with Crippen LogP contribution in [0.2, 0.25) is 0 Å². The van der Waals surface area contributed by atoms with E-state index in [-0.39, 0.29) is 17.1 Å². The van der Waals surface area contributed by atoms with Crippen molar-refractivity contribution in [3.8, 4) is 5.75 Å². The molecule has 15 heavy (non-hydrogen) atoms. The average Bonchev–Trinajstić information content (AvgIpc) is 2.59. The lowest BCUT2D eigenvalue weighted by Gasteiger charge is -1.99. The van der Waals surface area contributed by atoms with Gasteiger partial charge in [0, 0.05) is 11.5 Å². The number of hydrogen-bond acceptors (Lipinski definition) is 3. The maximum absolute atomic E-state index is 13.0. The molecule has 4 nitrogen and oxygen atoms in total. The number of benzene rings is 1. The maximum Gasteiger partial charge on any atom is 0.371 e. The number of carbonyl (C=O) groups is 1. The third kappa shape index (κ3) is 1.52. The van der Waals surface area contributed by atoms with Gasteiger partial charge in [-0.15, -0.1) is 0 Å². The van der Waals surface area contributed by atoms with E-state index in [1.165, 1.54) is 19.2 Å². The van der Waals surface area contributed by atoms with Crippen molar-refractivity contribution in [1.82, 2.24) is 0 Å². The van der Waals surface area contributed by atoms with E-state index < -0.39 is 11.8 Å². The topological polar surface area (TPSA) is 59.7 Å². The molecule has 0 radical (unpaired) electrons. The summed E-state index contributed by atoms with van der Waals surface area (Å²) in [5.41, 5.74) is 0.233. The van der Waals surface area contributed by atoms with Gasteiger partial charge in [0.05, 0.1) is 7.11 Å². The molecule has 0 aliphatic rings. The van der Waals surface area contributed by atoms with E-state index in [0.717, 1.165) is 6.07 Å². The van der Waals surface area contributed by atoms with E-state index in [1.807, 2.05) is 0 Å². The summed E-state index contributed by atoms with van der Waals surface area (Å²) in [7, 11) is 1.36. The number of halogens is 1. The van der Waals surface area contributed by atoms with Crippen molar-refractivity contribution in [2.24, 2.45) is 0 Å². The number of methoxy groups -OCH3 is 1. The Kier molecular flexibility index (Phi) is 2.07. The van der Waals surface area contributed by atoms with Gasteiger partial charge in [-0.1, -0.05) is 0 Å². The zero-order valence-electron chi connectivity index (χ0n) is 7.78. The molecule has 0 spiro atoms. The molecule has 1 aromatic heterocycles. The molecular formula is C10H7FO4. The van der Waals surface area contributed by atoms with Crippen molar-refractivity contribution in [2.75, 3.05) is 7.11 Å². The number of fused-ring (bicyclic) bond motifs is 1. The van der Waals surface area contributed by atoms with Gasteiger partial charge in [0.1, 0.15) is 5.82 Å². The zero-order valence-corrected chi connectivity index (χ0v) is 7.78. The van der Waals surface area contributed by atoms with Gasteiger partial charge < -0.3 is 14.3 Å². The highest BCUT2D eigenvalue weighted by Crippen LogP contribution is 2.29. The summed E-state index contributed by atoms with van der Waals surface area (Å²) in [5, 5.41) is 9.06. The summed E-state index contributed by atoms with van der Waals surface area (Å²) < 4.78 is 22.9. The first-order valence-electron chi connectivity index (χ1n) is 4.12. The number of aromatic carboxylic acids is 1. The average molecular weight is 210 g/mol. The molecule has 0 aliphatic carbocycles. The third-order valence-electron chi connectivity index (χ3n) is 1.98. The second-order valence-corrected chi connectivity index (χ2v) is 2.94. The van der Waals surface area contributed by atoms with Crippen molar-refractivity contribution in [2.45, 2.75) is 0 Å². The van der Waals surface area contributed by atoms with Crippen LogP contribution in [0.1, 0.15) is 10.6 Å².